The van der Waals surface area contributed by atoms with E-state index in [1.54, 1.807) is 23.2 Å². The summed E-state index contributed by atoms with van der Waals surface area (Å²) in [7, 11) is 0. The molecule has 0 spiro atoms. The number of anilines is 1. The lowest BCUT2D eigenvalue weighted by Crippen LogP contribution is -2.31. The monoisotopic (exact) mass is 269 g/mol. The highest BCUT2D eigenvalue weighted by atomic mass is 16.2. The normalized spacial score (nSPS) is 10.2. The number of nitrogens with two attached hydrogens (primary N) is 1. The van der Waals surface area contributed by atoms with E-state index in [1.165, 1.54) is 0 Å². The number of rotatable bonds is 5. The van der Waals surface area contributed by atoms with E-state index in [0.29, 0.717) is 24.5 Å². The van der Waals surface area contributed by atoms with Gasteiger partial charge in [0.1, 0.15) is 5.69 Å². The standard InChI is InChI=1S/C16H19N3O/c1-2-10-19(12-13-6-5-7-14(17)11-13)16(20)15-8-3-4-9-18-15/h3-9,11H,2,10,12,17H2,1H3. The average molecular weight is 269 g/mol. The number of carbonyl (C=O) groups excluding carboxylic acids is 1. The maximum atomic E-state index is 12.5. The van der Waals surface area contributed by atoms with Gasteiger partial charge in [-0.25, -0.2) is 0 Å². The van der Waals surface area contributed by atoms with Crippen molar-refractivity contribution in [1.29, 1.82) is 0 Å². The molecule has 2 aromatic rings. The zero-order valence-corrected chi connectivity index (χ0v) is 11.6. The van der Waals surface area contributed by atoms with Crippen LogP contribution >= 0.6 is 0 Å². The highest BCUT2D eigenvalue weighted by molar-refractivity contribution is 5.92. The number of benzene rings is 1. The minimum Gasteiger partial charge on any atom is -0.399 e. The summed E-state index contributed by atoms with van der Waals surface area (Å²) < 4.78 is 0. The van der Waals surface area contributed by atoms with Crippen LogP contribution in [0.1, 0.15) is 29.4 Å². The molecular formula is C16H19N3O. The van der Waals surface area contributed by atoms with Crippen LogP contribution in [-0.4, -0.2) is 22.3 Å². The molecular weight excluding hydrogens is 250 g/mol. The molecule has 2 N–H and O–H groups in total. The van der Waals surface area contributed by atoms with Gasteiger partial charge in [0, 0.05) is 25.0 Å². The van der Waals surface area contributed by atoms with E-state index in [4.69, 9.17) is 5.73 Å². The summed E-state index contributed by atoms with van der Waals surface area (Å²) in [5, 5.41) is 0. The van der Waals surface area contributed by atoms with Crippen molar-refractivity contribution in [3.05, 3.63) is 59.9 Å². The smallest absolute Gasteiger partial charge is 0.272 e. The Balaban J connectivity index is 2.17. The summed E-state index contributed by atoms with van der Waals surface area (Å²) >= 11 is 0. The third-order valence-corrected chi connectivity index (χ3v) is 2.99. The predicted molar refractivity (Wildman–Crippen MR) is 80.1 cm³/mol. The van der Waals surface area contributed by atoms with Crippen LogP contribution < -0.4 is 5.73 Å². The second kappa shape index (κ2) is 6.70. The fourth-order valence-electron chi connectivity index (χ4n) is 2.09. The largest absolute Gasteiger partial charge is 0.399 e. The maximum Gasteiger partial charge on any atom is 0.272 e. The fourth-order valence-corrected chi connectivity index (χ4v) is 2.09. The van der Waals surface area contributed by atoms with Crippen molar-refractivity contribution in [3.63, 3.8) is 0 Å². The molecule has 0 unspecified atom stereocenters. The number of aromatic nitrogens is 1. The van der Waals surface area contributed by atoms with Gasteiger partial charge in [-0.2, -0.15) is 0 Å². The van der Waals surface area contributed by atoms with E-state index in [2.05, 4.69) is 11.9 Å². The SMILES string of the molecule is CCCN(Cc1cccc(N)c1)C(=O)c1ccccn1. The van der Waals surface area contributed by atoms with Crippen molar-refractivity contribution in [2.24, 2.45) is 0 Å². The van der Waals surface area contributed by atoms with Crippen LogP contribution in [0.2, 0.25) is 0 Å². The van der Waals surface area contributed by atoms with Crippen molar-refractivity contribution >= 4 is 11.6 Å². The van der Waals surface area contributed by atoms with Crippen LogP contribution in [0.25, 0.3) is 0 Å². The van der Waals surface area contributed by atoms with E-state index in [1.807, 2.05) is 30.3 Å². The second-order valence-corrected chi connectivity index (χ2v) is 4.69. The van der Waals surface area contributed by atoms with Crippen LogP contribution in [-0.2, 0) is 6.54 Å². The first-order valence-corrected chi connectivity index (χ1v) is 6.75. The Morgan fingerprint density at radius 2 is 2.10 bits per heavy atom. The molecule has 1 aromatic carbocycles. The lowest BCUT2D eigenvalue weighted by molar-refractivity contribution is 0.0737. The van der Waals surface area contributed by atoms with Gasteiger partial charge in [-0.05, 0) is 36.2 Å². The topological polar surface area (TPSA) is 59.2 Å². The number of hydrogen-bond acceptors (Lipinski definition) is 3. The van der Waals surface area contributed by atoms with Gasteiger partial charge in [-0.15, -0.1) is 0 Å². The van der Waals surface area contributed by atoms with Crippen LogP contribution in [0.4, 0.5) is 5.69 Å². The molecule has 20 heavy (non-hydrogen) atoms. The van der Waals surface area contributed by atoms with Gasteiger partial charge < -0.3 is 10.6 Å². The zero-order chi connectivity index (χ0) is 14.4. The summed E-state index contributed by atoms with van der Waals surface area (Å²) in [6.07, 6.45) is 2.54. The average Bonchev–Trinajstić information content (AvgIpc) is 2.47. The molecule has 0 fully saturated rings. The molecule has 0 saturated carbocycles. The Kier molecular flexibility index (Phi) is 4.71. The van der Waals surface area contributed by atoms with Crippen molar-refractivity contribution in [2.75, 3.05) is 12.3 Å². The molecule has 4 nitrogen and oxygen atoms in total. The van der Waals surface area contributed by atoms with Crippen LogP contribution in [0, 0.1) is 0 Å². The minimum absolute atomic E-state index is 0.0464. The third kappa shape index (κ3) is 3.57. The number of hydrogen-bond donors (Lipinski definition) is 1. The molecule has 0 radical (unpaired) electrons. The Labute approximate surface area is 119 Å². The van der Waals surface area contributed by atoms with Crippen LogP contribution in [0.3, 0.4) is 0 Å². The summed E-state index contributed by atoms with van der Waals surface area (Å²) in [6, 6.07) is 13.0. The Morgan fingerprint density at radius 3 is 2.75 bits per heavy atom. The fraction of sp³-hybridized carbons (Fsp3) is 0.250. The molecule has 0 aliphatic heterocycles. The quantitative estimate of drug-likeness (QED) is 0.849. The minimum atomic E-state index is -0.0464. The van der Waals surface area contributed by atoms with Gasteiger partial charge in [0.2, 0.25) is 0 Å². The number of nitrogens with zero attached hydrogens (tertiary/aromatic N) is 2. The first kappa shape index (κ1) is 14.1. The van der Waals surface area contributed by atoms with Gasteiger partial charge >= 0.3 is 0 Å². The molecule has 0 aliphatic rings. The van der Waals surface area contributed by atoms with E-state index >= 15 is 0 Å². The number of nitrogen functional groups attached to an aromatic ring is 1. The molecule has 1 heterocycles. The van der Waals surface area contributed by atoms with Gasteiger partial charge in [0.15, 0.2) is 0 Å². The zero-order valence-electron chi connectivity index (χ0n) is 11.6. The molecule has 104 valence electrons. The summed E-state index contributed by atoms with van der Waals surface area (Å²) in [5.41, 5.74) is 8.00. The summed E-state index contributed by atoms with van der Waals surface area (Å²) in [4.78, 5) is 18.4. The lowest BCUT2D eigenvalue weighted by atomic mass is 10.1. The van der Waals surface area contributed by atoms with Crippen molar-refractivity contribution in [2.45, 2.75) is 19.9 Å². The van der Waals surface area contributed by atoms with Crippen LogP contribution in [0.15, 0.2) is 48.7 Å². The first-order valence-electron chi connectivity index (χ1n) is 6.75. The molecule has 1 amide bonds. The van der Waals surface area contributed by atoms with E-state index < -0.39 is 0 Å². The third-order valence-electron chi connectivity index (χ3n) is 2.99. The molecule has 0 bridgehead atoms. The first-order chi connectivity index (χ1) is 9.70. The maximum absolute atomic E-state index is 12.5. The molecule has 1 aromatic heterocycles. The Bertz CT molecular complexity index is 569. The van der Waals surface area contributed by atoms with Crippen molar-refractivity contribution in [1.82, 2.24) is 9.88 Å². The molecule has 0 atom stereocenters. The summed E-state index contributed by atoms with van der Waals surface area (Å²) in [6.45, 7) is 3.30. The summed E-state index contributed by atoms with van der Waals surface area (Å²) in [5.74, 6) is -0.0464. The number of carbonyl (C=O) groups is 1. The van der Waals surface area contributed by atoms with Gasteiger partial charge in [-0.3, -0.25) is 9.78 Å². The predicted octanol–water partition coefficient (Wildman–Crippen LogP) is 2.72. The molecule has 4 heteroatoms. The number of amides is 1. The second-order valence-electron chi connectivity index (χ2n) is 4.69. The molecule has 0 saturated heterocycles. The highest BCUT2D eigenvalue weighted by Crippen LogP contribution is 2.12. The van der Waals surface area contributed by atoms with Gasteiger partial charge in [-0.1, -0.05) is 25.1 Å². The molecule has 0 aliphatic carbocycles. The highest BCUT2D eigenvalue weighted by Gasteiger charge is 2.16. The van der Waals surface area contributed by atoms with Crippen molar-refractivity contribution in [3.8, 4) is 0 Å². The van der Waals surface area contributed by atoms with E-state index in [9.17, 15) is 4.79 Å². The Hall–Kier alpha value is -2.36. The number of pyridine rings is 1. The molecule has 2 rings (SSSR count). The van der Waals surface area contributed by atoms with Crippen LogP contribution in [0.5, 0.6) is 0 Å². The van der Waals surface area contributed by atoms with Gasteiger partial charge in [0.05, 0.1) is 0 Å². The van der Waals surface area contributed by atoms with E-state index in [-0.39, 0.29) is 5.91 Å². The lowest BCUT2D eigenvalue weighted by Gasteiger charge is -2.22. The van der Waals surface area contributed by atoms with Gasteiger partial charge in [0.25, 0.3) is 5.91 Å². The van der Waals surface area contributed by atoms with E-state index in [0.717, 1.165) is 12.0 Å². The Morgan fingerprint density at radius 1 is 1.25 bits per heavy atom. The van der Waals surface area contributed by atoms with Crippen molar-refractivity contribution < 1.29 is 4.79 Å².